The Balaban J connectivity index is 1.87. The molecular weight excluding hydrogens is 453 g/mol. The van der Waals surface area contributed by atoms with Gasteiger partial charge < -0.3 is 0 Å². The molecule has 0 radical (unpaired) electrons. The number of esters is 1. The summed E-state index contributed by atoms with van der Waals surface area (Å²) in [6.07, 6.45) is -2.38. The van der Waals surface area contributed by atoms with Gasteiger partial charge in [0.25, 0.3) is 0 Å². The molecule has 1 N–H and O–H groups in total. The Morgan fingerprint density at radius 3 is 2.43 bits per heavy atom. The Morgan fingerprint density at radius 2 is 1.83 bits per heavy atom. The minimum atomic E-state index is -0.872. The summed E-state index contributed by atoms with van der Waals surface area (Å²) >= 11 is -0.240. The van der Waals surface area contributed by atoms with Gasteiger partial charge in [-0.3, -0.25) is 0 Å². The summed E-state index contributed by atoms with van der Waals surface area (Å²) in [6, 6.07) is 18.4. The maximum absolute atomic E-state index is 11.8. The second-order valence-corrected chi connectivity index (χ2v) is 9.15. The zero-order valence-electron chi connectivity index (χ0n) is 16.4. The monoisotopic (exact) mass is 477 g/mol. The topological polar surface area (TPSA) is 114 Å². The number of benzene rings is 2. The molecule has 0 saturated carbocycles. The number of aliphatic hydroxyl groups is 1. The first-order valence-electron chi connectivity index (χ1n) is 9.47. The van der Waals surface area contributed by atoms with E-state index < -0.39 is 35.3 Å². The van der Waals surface area contributed by atoms with Gasteiger partial charge in [-0.05, 0) is 0 Å². The van der Waals surface area contributed by atoms with E-state index in [9.17, 15) is 9.90 Å². The first-order valence-corrected chi connectivity index (χ1v) is 11.3. The van der Waals surface area contributed by atoms with Crippen LogP contribution in [-0.2, 0) is 25.6 Å². The SMILES string of the molecule is CC(=O)O[C@@H]1[C@@H](N=[N+]=[N-])[C@@H]([Se]c2ccccc2)O[C@H](CO)[C@H]1OCc1ccccc1. The quantitative estimate of drug-likeness (QED) is 0.206. The third-order valence-corrected chi connectivity index (χ3v) is 7.01. The predicted octanol–water partition coefficient (Wildman–Crippen LogP) is 1.93. The zero-order valence-corrected chi connectivity index (χ0v) is 18.1. The van der Waals surface area contributed by atoms with Crippen molar-refractivity contribution in [2.75, 3.05) is 6.61 Å². The van der Waals surface area contributed by atoms with Crippen molar-refractivity contribution in [1.29, 1.82) is 0 Å². The van der Waals surface area contributed by atoms with Gasteiger partial charge in [-0.15, -0.1) is 0 Å². The van der Waals surface area contributed by atoms with Crippen molar-refractivity contribution < 1.29 is 24.1 Å². The number of rotatable bonds is 8. The second-order valence-electron chi connectivity index (χ2n) is 6.69. The fourth-order valence-corrected chi connectivity index (χ4v) is 5.62. The zero-order chi connectivity index (χ0) is 21.3. The number of carbonyl (C=O) groups is 1. The van der Waals surface area contributed by atoms with E-state index in [1.54, 1.807) is 0 Å². The molecule has 1 saturated heterocycles. The molecule has 0 aromatic heterocycles. The summed E-state index contributed by atoms with van der Waals surface area (Å²) < 4.78 is 18.7. The number of ether oxygens (including phenoxy) is 3. The van der Waals surface area contributed by atoms with Crippen molar-refractivity contribution in [3.63, 3.8) is 0 Å². The second kappa shape index (κ2) is 11.1. The Labute approximate surface area is 180 Å². The molecule has 158 valence electrons. The number of azide groups is 1. The predicted molar refractivity (Wildman–Crippen MR) is 111 cm³/mol. The van der Waals surface area contributed by atoms with Gasteiger partial charge in [-0.25, -0.2) is 0 Å². The molecule has 0 amide bonds. The summed E-state index contributed by atoms with van der Waals surface area (Å²) in [6.45, 7) is 1.21. The van der Waals surface area contributed by atoms with Gasteiger partial charge in [0.15, 0.2) is 0 Å². The van der Waals surface area contributed by atoms with Crippen LogP contribution >= 0.6 is 0 Å². The Morgan fingerprint density at radius 1 is 1.17 bits per heavy atom. The number of hydrogen-bond donors (Lipinski definition) is 1. The molecule has 3 rings (SSSR count). The summed E-state index contributed by atoms with van der Waals surface area (Å²) in [5.74, 6) is -0.518. The van der Waals surface area contributed by atoms with Crippen LogP contribution in [0.25, 0.3) is 10.4 Å². The molecule has 0 unspecified atom stereocenters. The molecule has 30 heavy (non-hydrogen) atoms. The molecule has 1 aliphatic heterocycles. The van der Waals surface area contributed by atoms with E-state index in [-0.39, 0.29) is 28.2 Å². The number of carbonyl (C=O) groups excluding carboxylic acids is 1. The van der Waals surface area contributed by atoms with Crippen molar-refractivity contribution >= 4 is 25.4 Å². The molecule has 1 fully saturated rings. The van der Waals surface area contributed by atoms with Crippen LogP contribution in [0.5, 0.6) is 0 Å². The molecular formula is C21H23N3O5Se. The normalized spacial score (nSPS) is 25.9. The molecule has 8 nitrogen and oxygen atoms in total. The van der Waals surface area contributed by atoms with Crippen molar-refractivity contribution in [3.8, 4) is 0 Å². The van der Waals surface area contributed by atoms with Crippen molar-refractivity contribution in [1.82, 2.24) is 0 Å². The third kappa shape index (κ3) is 5.83. The van der Waals surface area contributed by atoms with E-state index >= 15 is 0 Å². The van der Waals surface area contributed by atoms with Crippen LogP contribution < -0.4 is 4.46 Å². The number of hydrogen-bond acceptors (Lipinski definition) is 6. The Kier molecular flexibility index (Phi) is 8.28. The molecule has 1 aliphatic rings. The van der Waals surface area contributed by atoms with Gasteiger partial charge in [0.1, 0.15) is 0 Å². The van der Waals surface area contributed by atoms with Crippen LogP contribution in [0.2, 0.25) is 0 Å². The molecule has 9 heteroatoms. The average molecular weight is 476 g/mol. The van der Waals surface area contributed by atoms with Gasteiger partial charge >= 0.3 is 181 Å². The summed E-state index contributed by atoms with van der Waals surface area (Å²) in [5, 5.41) is 13.4. The van der Waals surface area contributed by atoms with E-state index in [4.69, 9.17) is 19.7 Å². The first-order chi connectivity index (χ1) is 14.6. The van der Waals surface area contributed by atoms with Crippen LogP contribution in [0.3, 0.4) is 0 Å². The fourth-order valence-electron chi connectivity index (χ4n) is 3.25. The van der Waals surface area contributed by atoms with Gasteiger partial charge in [0.05, 0.1) is 0 Å². The molecule has 0 aliphatic carbocycles. The molecule has 2 aromatic carbocycles. The van der Waals surface area contributed by atoms with Crippen LogP contribution in [0.15, 0.2) is 65.8 Å². The van der Waals surface area contributed by atoms with E-state index in [1.807, 2.05) is 60.7 Å². The van der Waals surface area contributed by atoms with E-state index in [0.717, 1.165) is 10.0 Å². The Hall–Kier alpha value is -2.38. The Bertz CT molecular complexity index is 863. The van der Waals surface area contributed by atoms with Crippen LogP contribution in [0.4, 0.5) is 0 Å². The first kappa shape index (κ1) is 22.3. The number of aliphatic hydroxyl groups excluding tert-OH is 1. The summed E-state index contributed by atoms with van der Waals surface area (Å²) in [4.78, 5) is 14.8. The van der Waals surface area contributed by atoms with Gasteiger partial charge in [-0.1, -0.05) is 0 Å². The molecule has 5 atom stereocenters. The van der Waals surface area contributed by atoms with E-state index in [1.165, 1.54) is 6.92 Å². The van der Waals surface area contributed by atoms with Crippen molar-refractivity contribution in [3.05, 3.63) is 76.7 Å². The fraction of sp³-hybridized carbons (Fsp3) is 0.381. The molecule has 0 spiro atoms. The summed E-state index contributed by atoms with van der Waals surface area (Å²) in [5.41, 5.74) is 10.1. The summed E-state index contributed by atoms with van der Waals surface area (Å²) in [7, 11) is 0. The van der Waals surface area contributed by atoms with Crippen LogP contribution in [0, 0.1) is 0 Å². The molecule has 2 aromatic rings. The van der Waals surface area contributed by atoms with Crippen LogP contribution in [0.1, 0.15) is 12.5 Å². The third-order valence-electron chi connectivity index (χ3n) is 4.56. The minimum absolute atomic E-state index is 0.237. The molecule has 0 bridgehead atoms. The average Bonchev–Trinajstić information content (AvgIpc) is 2.76. The van der Waals surface area contributed by atoms with Gasteiger partial charge in [0.2, 0.25) is 0 Å². The molecule has 1 heterocycles. The van der Waals surface area contributed by atoms with E-state index in [2.05, 4.69) is 10.0 Å². The van der Waals surface area contributed by atoms with Crippen molar-refractivity contribution in [2.24, 2.45) is 5.11 Å². The van der Waals surface area contributed by atoms with Crippen molar-refractivity contribution in [2.45, 2.75) is 42.9 Å². The van der Waals surface area contributed by atoms with Gasteiger partial charge in [-0.2, -0.15) is 0 Å². The maximum atomic E-state index is 11.8. The standard InChI is InChI=1S/C21H23N3O5Se/c1-14(26)28-20-18(23-24-22)21(30-16-10-6-3-7-11-16)29-17(12-25)19(20)27-13-15-8-4-2-5-9-15/h2-11,17-21,25H,12-13H2,1H3/t17-,18-,19-,20-,21-/m1/s1. The number of nitrogens with zero attached hydrogens (tertiary/aromatic N) is 3. The van der Waals surface area contributed by atoms with E-state index in [0.29, 0.717) is 0 Å². The van der Waals surface area contributed by atoms with Crippen LogP contribution in [-0.4, -0.2) is 62.0 Å². The van der Waals surface area contributed by atoms with Gasteiger partial charge in [0, 0.05) is 0 Å².